The van der Waals surface area contributed by atoms with Crippen LogP contribution in [0, 0.1) is 24.0 Å². The van der Waals surface area contributed by atoms with E-state index in [1.807, 2.05) is 26.0 Å². The summed E-state index contributed by atoms with van der Waals surface area (Å²) >= 11 is 0. The van der Waals surface area contributed by atoms with E-state index in [4.69, 9.17) is 9.47 Å². The maximum absolute atomic E-state index is 12.2. The molecule has 0 aliphatic rings. The van der Waals surface area contributed by atoms with Crippen LogP contribution in [-0.2, 0) is 4.79 Å². The number of carbonyl (C=O) groups excluding carboxylic acids is 2. The standard InChI is InChI=1S/C24H21N3O6/c1-16-4-3-5-22(17(16)2)32-15-23(28)26-25-14-18-6-12-21(13-7-18)33-24(29)19-8-10-20(11-9-19)27(30)31/h3-14H,15H2,1-2H3,(H,26,28)/b25-14-. The zero-order chi connectivity index (χ0) is 23.8. The molecule has 0 aliphatic carbocycles. The largest absolute Gasteiger partial charge is 0.483 e. The van der Waals surface area contributed by atoms with E-state index in [1.165, 1.54) is 30.5 Å². The number of hydrogen-bond acceptors (Lipinski definition) is 7. The second-order valence-electron chi connectivity index (χ2n) is 7.04. The number of carbonyl (C=O) groups is 2. The van der Waals surface area contributed by atoms with Crippen LogP contribution in [0.3, 0.4) is 0 Å². The molecule has 0 fully saturated rings. The first-order valence-electron chi connectivity index (χ1n) is 9.91. The van der Waals surface area contributed by atoms with Gasteiger partial charge in [0, 0.05) is 12.1 Å². The second kappa shape index (κ2) is 10.7. The summed E-state index contributed by atoms with van der Waals surface area (Å²) in [5, 5.41) is 14.6. The van der Waals surface area contributed by atoms with Crippen molar-refractivity contribution < 1.29 is 24.0 Å². The average molecular weight is 447 g/mol. The van der Waals surface area contributed by atoms with Crippen molar-refractivity contribution >= 4 is 23.8 Å². The summed E-state index contributed by atoms with van der Waals surface area (Å²) < 4.78 is 10.8. The Labute approximate surface area is 189 Å². The lowest BCUT2D eigenvalue weighted by atomic mass is 10.1. The number of nitrogens with one attached hydrogen (secondary N) is 1. The number of hydrogen-bond donors (Lipinski definition) is 1. The number of ether oxygens (including phenoxy) is 2. The molecule has 0 unspecified atom stereocenters. The fourth-order valence-electron chi connectivity index (χ4n) is 2.74. The molecule has 9 nitrogen and oxygen atoms in total. The molecule has 168 valence electrons. The summed E-state index contributed by atoms with van der Waals surface area (Å²) in [7, 11) is 0. The Morgan fingerprint density at radius 2 is 1.73 bits per heavy atom. The smallest absolute Gasteiger partial charge is 0.343 e. The molecule has 1 amide bonds. The van der Waals surface area contributed by atoms with Gasteiger partial charge in [0.2, 0.25) is 0 Å². The molecule has 3 aromatic carbocycles. The fraction of sp³-hybridized carbons (Fsp3) is 0.125. The van der Waals surface area contributed by atoms with Crippen LogP contribution in [0.5, 0.6) is 11.5 Å². The highest BCUT2D eigenvalue weighted by atomic mass is 16.6. The highest BCUT2D eigenvalue weighted by Crippen LogP contribution is 2.20. The number of rotatable bonds is 8. The number of hydrazone groups is 1. The Morgan fingerprint density at radius 1 is 1.03 bits per heavy atom. The van der Waals surface area contributed by atoms with E-state index < -0.39 is 16.8 Å². The highest BCUT2D eigenvalue weighted by molar-refractivity contribution is 5.91. The molecule has 0 aliphatic heterocycles. The third-order valence-corrected chi connectivity index (χ3v) is 4.72. The highest BCUT2D eigenvalue weighted by Gasteiger charge is 2.11. The van der Waals surface area contributed by atoms with Crippen LogP contribution in [0.4, 0.5) is 5.69 Å². The summed E-state index contributed by atoms with van der Waals surface area (Å²) in [6.07, 6.45) is 1.44. The second-order valence-corrected chi connectivity index (χ2v) is 7.04. The van der Waals surface area contributed by atoms with E-state index in [0.29, 0.717) is 17.1 Å². The van der Waals surface area contributed by atoms with Gasteiger partial charge in [-0.3, -0.25) is 14.9 Å². The molecular weight excluding hydrogens is 426 g/mol. The molecule has 0 atom stereocenters. The lowest BCUT2D eigenvalue weighted by Gasteiger charge is -2.09. The van der Waals surface area contributed by atoms with Crippen molar-refractivity contribution in [1.29, 1.82) is 0 Å². The van der Waals surface area contributed by atoms with Crippen LogP contribution in [0.15, 0.2) is 71.8 Å². The van der Waals surface area contributed by atoms with E-state index in [9.17, 15) is 19.7 Å². The van der Waals surface area contributed by atoms with Gasteiger partial charge in [-0.2, -0.15) is 5.10 Å². The van der Waals surface area contributed by atoms with Crippen molar-refractivity contribution in [3.63, 3.8) is 0 Å². The predicted octanol–water partition coefficient (Wildman–Crippen LogP) is 3.96. The van der Waals surface area contributed by atoms with Gasteiger partial charge in [-0.05, 0) is 73.0 Å². The number of non-ortho nitro benzene ring substituents is 1. The zero-order valence-corrected chi connectivity index (χ0v) is 18.0. The lowest BCUT2D eigenvalue weighted by Crippen LogP contribution is -2.24. The zero-order valence-electron chi connectivity index (χ0n) is 18.0. The van der Waals surface area contributed by atoms with Crippen molar-refractivity contribution in [2.24, 2.45) is 5.10 Å². The fourth-order valence-corrected chi connectivity index (χ4v) is 2.74. The Bertz CT molecular complexity index is 1190. The molecule has 9 heteroatoms. The molecule has 0 aromatic heterocycles. The van der Waals surface area contributed by atoms with Crippen LogP contribution < -0.4 is 14.9 Å². The van der Waals surface area contributed by atoms with Crippen LogP contribution in [0.2, 0.25) is 0 Å². The molecule has 1 N–H and O–H groups in total. The maximum Gasteiger partial charge on any atom is 0.343 e. The van der Waals surface area contributed by atoms with Gasteiger partial charge in [0.05, 0.1) is 16.7 Å². The number of amides is 1. The van der Waals surface area contributed by atoms with Gasteiger partial charge in [-0.15, -0.1) is 0 Å². The van der Waals surface area contributed by atoms with Gasteiger partial charge >= 0.3 is 5.97 Å². The summed E-state index contributed by atoms with van der Waals surface area (Å²) in [5.41, 5.74) is 5.19. The monoisotopic (exact) mass is 447 g/mol. The molecule has 0 saturated carbocycles. The van der Waals surface area contributed by atoms with Gasteiger partial charge < -0.3 is 9.47 Å². The minimum absolute atomic E-state index is 0.112. The predicted molar refractivity (Wildman–Crippen MR) is 122 cm³/mol. The quantitative estimate of drug-likeness (QED) is 0.183. The van der Waals surface area contributed by atoms with Crippen LogP contribution in [0.1, 0.15) is 27.0 Å². The van der Waals surface area contributed by atoms with Crippen LogP contribution >= 0.6 is 0 Å². The SMILES string of the molecule is Cc1cccc(OCC(=O)N/N=C\c2ccc(OC(=O)c3ccc([N+](=O)[O-])cc3)cc2)c1C. The molecule has 0 radical (unpaired) electrons. The first-order chi connectivity index (χ1) is 15.8. The normalized spacial score (nSPS) is 10.6. The van der Waals surface area contributed by atoms with Gasteiger partial charge in [0.15, 0.2) is 6.61 Å². The minimum atomic E-state index is -0.637. The summed E-state index contributed by atoms with van der Waals surface area (Å²) in [5.74, 6) is -0.0994. The van der Waals surface area contributed by atoms with Crippen molar-refractivity contribution in [2.45, 2.75) is 13.8 Å². The first kappa shape index (κ1) is 23.1. The summed E-state index contributed by atoms with van der Waals surface area (Å²) in [4.78, 5) is 34.2. The Balaban J connectivity index is 1.48. The van der Waals surface area contributed by atoms with Crippen LogP contribution in [0.25, 0.3) is 0 Å². The molecule has 3 aromatic rings. The Hall–Kier alpha value is -4.53. The Morgan fingerprint density at radius 3 is 2.39 bits per heavy atom. The van der Waals surface area contributed by atoms with Crippen molar-refractivity contribution in [1.82, 2.24) is 5.43 Å². The van der Waals surface area contributed by atoms with Gasteiger partial charge in [0.25, 0.3) is 11.6 Å². The number of esters is 1. The van der Waals surface area contributed by atoms with E-state index in [0.717, 1.165) is 11.1 Å². The number of aryl methyl sites for hydroxylation is 1. The Kier molecular flexibility index (Phi) is 7.48. The van der Waals surface area contributed by atoms with E-state index >= 15 is 0 Å². The summed E-state index contributed by atoms with van der Waals surface area (Å²) in [6.45, 7) is 3.72. The van der Waals surface area contributed by atoms with Gasteiger partial charge in [-0.25, -0.2) is 10.2 Å². The van der Waals surface area contributed by atoms with Crippen molar-refractivity contribution in [3.05, 3.63) is 99.1 Å². The molecule has 0 bridgehead atoms. The molecule has 0 heterocycles. The van der Waals surface area contributed by atoms with E-state index in [1.54, 1.807) is 30.3 Å². The third kappa shape index (κ3) is 6.47. The van der Waals surface area contributed by atoms with Crippen molar-refractivity contribution in [3.8, 4) is 11.5 Å². The molecule has 0 saturated heterocycles. The molecule has 33 heavy (non-hydrogen) atoms. The lowest BCUT2D eigenvalue weighted by molar-refractivity contribution is -0.384. The van der Waals surface area contributed by atoms with Crippen LogP contribution in [-0.4, -0.2) is 29.6 Å². The number of benzene rings is 3. The van der Waals surface area contributed by atoms with E-state index in [-0.39, 0.29) is 17.9 Å². The number of nitrogens with zero attached hydrogens (tertiary/aromatic N) is 2. The van der Waals surface area contributed by atoms with Gasteiger partial charge in [0.1, 0.15) is 11.5 Å². The number of nitro benzene ring substituents is 1. The topological polar surface area (TPSA) is 120 Å². The summed E-state index contributed by atoms with van der Waals surface area (Å²) in [6, 6.07) is 17.2. The molecule has 3 rings (SSSR count). The first-order valence-corrected chi connectivity index (χ1v) is 9.91. The molecular formula is C24H21N3O6. The maximum atomic E-state index is 12.2. The number of nitro groups is 1. The van der Waals surface area contributed by atoms with Gasteiger partial charge in [-0.1, -0.05) is 12.1 Å². The molecule has 0 spiro atoms. The third-order valence-electron chi connectivity index (χ3n) is 4.72. The minimum Gasteiger partial charge on any atom is -0.483 e. The van der Waals surface area contributed by atoms with Crippen molar-refractivity contribution in [2.75, 3.05) is 6.61 Å². The van der Waals surface area contributed by atoms with E-state index in [2.05, 4.69) is 10.5 Å². The average Bonchev–Trinajstić information content (AvgIpc) is 2.81.